The number of benzene rings is 1. The van der Waals surface area contributed by atoms with Crippen LogP contribution >= 0.6 is 11.3 Å². The van der Waals surface area contributed by atoms with Gasteiger partial charge in [0.2, 0.25) is 5.91 Å². The van der Waals surface area contributed by atoms with Crippen molar-refractivity contribution in [3.8, 4) is 0 Å². The monoisotopic (exact) mass is 342 g/mol. The number of aromatic nitrogens is 1. The molecule has 0 aliphatic rings. The molecule has 24 heavy (non-hydrogen) atoms. The maximum absolute atomic E-state index is 12.2. The predicted molar refractivity (Wildman–Crippen MR) is 97.4 cm³/mol. The summed E-state index contributed by atoms with van der Waals surface area (Å²) in [4.78, 5) is 16.6. The van der Waals surface area contributed by atoms with E-state index in [2.05, 4.69) is 43.2 Å². The number of thiazole rings is 1. The van der Waals surface area contributed by atoms with Gasteiger partial charge in [0.1, 0.15) is 10.6 Å². The molecule has 1 aromatic carbocycles. The first kappa shape index (κ1) is 16.7. The van der Waals surface area contributed by atoms with Crippen molar-refractivity contribution in [3.63, 3.8) is 0 Å². The summed E-state index contributed by atoms with van der Waals surface area (Å²) in [5, 5.41) is 6.88. The second kappa shape index (κ2) is 6.77. The molecule has 0 unspecified atom stereocenters. The Morgan fingerprint density at radius 2 is 2.12 bits per heavy atom. The minimum Gasteiger partial charge on any atom is -0.464 e. The number of nitrogens with one attached hydrogen (secondary N) is 1. The molecule has 0 fully saturated rings. The highest BCUT2D eigenvalue weighted by molar-refractivity contribution is 7.09. The molecule has 0 saturated carbocycles. The summed E-state index contributed by atoms with van der Waals surface area (Å²) >= 11 is 1.56. The fraction of sp³-hybridized carbons (Fsp3) is 0.368. The number of amides is 1. The third-order valence-corrected chi connectivity index (χ3v) is 5.09. The van der Waals surface area contributed by atoms with Crippen molar-refractivity contribution in [1.82, 2.24) is 10.3 Å². The molecule has 1 amide bonds. The highest BCUT2D eigenvalue weighted by atomic mass is 32.1. The Morgan fingerprint density at radius 3 is 2.79 bits per heavy atom. The molecule has 1 N–H and O–H groups in total. The molecule has 126 valence electrons. The molecule has 2 aromatic heterocycles. The van der Waals surface area contributed by atoms with Crippen LogP contribution in [0, 0.1) is 13.8 Å². The molecule has 0 aliphatic carbocycles. The highest BCUT2D eigenvalue weighted by Crippen LogP contribution is 2.29. The van der Waals surface area contributed by atoms with E-state index in [1.165, 1.54) is 11.1 Å². The number of hydrogen-bond donors (Lipinski definition) is 1. The third kappa shape index (κ3) is 3.51. The first-order valence-corrected chi connectivity index (χ1v) is 9.00. The van der Waals surface area contributed by atoms with Gasteiger partial charge in [0.25, 0.3) is 0 Å². The van der Waals surface area contributed by atoms with Crippen LogP contribution in [0.3, 0.4) is 0 Å². The Kier molecular flexibility index (Phi) is 4.71. The van der Waals surface area contributed by atoms with Crippen molar-refractivity contribution in [2.24, 2.45) is 0 Å². The Morgan fingerprint density at radius 1 is 1.33 bits per heavy atom. The summed E-state index contributed by atoms with van der Waals surface area (Å²) in [6.07, 6.45) is 2.01. The standard InChI is InChI=1S/C19H22N2O2S/c1-11(2)15-7-16-14(9-23-17(16)5-12(15)3)6-18(22)20-8-19-21-13(4)10-24-19/h5,7,9-11H,6,8H2,1-4H3,(H,20,22). The molecule has 0 aliphatic heterocycles. The lowest BCUT2D eigenvalue weighted by atomic mass is 9.95. The van der Waals surface area contributed by atoms with E-state index < -0.39 is 0 Å². The fourth-order valence-corrected chi connectivity index (χ4v) is 3.61. The number of carbonyl (C=O) groups is 1. The van der Waals surface area contributed by atoms with Crippen LogP contribution in [0.15, 0.2) is 28.2 Å². The molecule has 3 aromatic rings. The van der Waals surface area contributed by atoms with E-state index in [1.54, 1.807) is 17.6 Å². The molecule has 3 rings (SSSR count). The number of carbonyl (C=O) groups excluding carboxylic acids is 1. The number of nitrogens with zero attached hydrogens (tertiary/aromatic N) is 1. The molecule has 5 heteroatoms. The van der Waals surface area contributed by atoms with Crippen molar-refractivity contribution in [1.29, 1.82) is 0 Å². The van der Waals surface area contributed by atoms with Crippen molar-refractivity contribution < 1.29 is 9.21 Å². The normalized spacial score (nSPS) is 11.4. The minimum absolute atomic E-state index is 0.0165. The molecular weight excluding hydrogens is 320 g/mol. The third-order valence-electron chi connectivity index (χ3n) is 4.12. The second-order valence-corrected chi connectivity index (χ2v) is 7.40. The number of aryl methyl sites for hydroxylation is 2. The van der Waals surface area contributed by atoms with Gasteiger partial charge in [-0.2, -0.15) is 0 Å². The molecule has 4 nitrogen and oxygen atoms in total. The van der Waals surface area contributed by atoms with Crippen LogP contribution in [0.5, 0.6) is 0 Å². The lowest BCUT2D eigenvalue weighted by Crippen LogP contribution is -2.24. The topological polar surface area (TPSA) is 55.1 Å². The first-order valence-electron chi connectivity index (χ1n) is 8.12. The number of hydrogen-bond acceptors (Lipinski definition) is 4. The van der Waals surface area contributed by atoms with E-state index in [0.29, 0.717) is 18.9 Å². The number of fused-ring (bicyclic) bond motifs is 1. The first-order chi connectivity index (χ1) is 11.4. The van der Waals surface area contributed by atoms with Gasteiger partial charge in [-0.1, -0.05) is 13.8 Å². The number of rotatable bonds is 5. The van der Waals surface area contributed by atoms with Crippen LogP contribution in [-0.2, 0) is 17.8 Å². The maximum atomic E-state index is 12.2. The number of furan rings is 1. The summed E-state index contributed by atoms with van der Waals surface area (Å²) in [6.45, 7) is 8.88. The van der Waals surface area contributed by atoms with Crippen LogP contribution in [0.25, 0.3) is 11.0 Å². The summed E-state index contributed by atoms with van der Waals surface area (Å²) in [5.74, 6) is 0.427. The van der Waals surface area contributed by atoms with E-state index in [9.17, 15) is 4.79 Å². The van der Waals surface area contributed by atoms with E-state index in [-0.39, 0.29) is 5.91 Å². The van der Waals surface area contributed by atoms with Crippen molar-refractivity contribution >= 4 is 28.2 Å². The quantitative estimate of drug-likeness (QED) is 0.743. The van der Waals surface area contributed by atoms with Gasteiger partial charge in [-0.25, -0.2) is 4.98 Å². The van der Waals surface area contributed by atoms with E-state index in [1.807, 2.05) is 12.3 Å². The predicted octanol–water partition coefficient (Wildman–Crippen LogP) is 4.49. The van der Waals surface area contributed by atoms with Crippen molar-refractivity contribution in [2.45, 2.75) is 46.6 Å². The van der Waals surface area contributed by atoms with Gasteiger partial charge in [0, 0.05) is 22.0 Å². The van der Waals surface area contributed by atoms with Gasteiger partial charge in [0.05, 0.1) is 19.2 Å². The Hall–Kier alpha value is -2.14. The second-order valence-electron chi connectivity index (χ2n) is 6.46. The summed E-state index contributed by atoms with van der Waals surface area (Å²) in [5.41, 5.74) is 5.28. The molecule has 2 heterocycles. The fourth-order valence-electron chi connectivity index (χ4n) is 2.90. The SMILES string of the molecule is Cc1csc(CNC(=O)Cc2coc3cc(C)c(C(C)C)cc23)n1. The zero-order valence-corrected chi connectivity index (χ0v) is 15.3. The van der Waals surface area contributed by atoms with Crippen LogP contribution in [0.1, 0.15) is 47.2 Å². The molecule has 0 radical (unpaired) electrons. The molecule has 0 atom stereocenters. The van der Waals surface area contributed by atoms with Crippen molar-refractivity contribution in [2.75, 3.05) is 0 Å². The van der Waals surface area contributed by atoms with Crippen LogP contribution in [0.4, 0.5) is 0 Å². The Bertz CT molecular complexity index is 877. The average molecular weight is 342 g/mol. The van der Waals surface area contributed by atoms with E-state index in [4.69, 9.17) is 4.42 Å². The van der Waals surface area contributed by atoms with E-state index in [0.717, 1.165) is 27.2 Å². The zero-order chi connectivity index (χ0) is 17.3. The largest absolute Gasteiger partial charge is 0.464 e. The highest BCUT2D eigenvalue weighted by Gasteiger charge is 2.14. The Labute approximate surface area is 145 Å². The van der Waals surface area contributed by atoms with Gasteiger partial charge in [-0.3, -0.25) is 4.79 Å². The summed E-state index contributed by atoms with van der Waals surface area (Å²) in [7, 11) is 0. The lowest BCUT2D eigenvalue weighted by molar-refractivity contribution is -0.120. The van der Waals surface area contributed by atoms with Crippen LogP contribution in [-0.4, -0.2) is 10.9 Å². The van der Waals surface area contributed by atoms with Crippen molar-refractivity contribution in [3.05, 3.63) is 51.2 Å². The Balaban J connectivity index is 1.74. The minimum atomic E-state index is -0.0165. The van der Waals surface area contributed by atoms with E-state index >= 15 is 0 Å². The van der Waals surface area contributed by atoms with Gasteiger partial charge >= 0.3 is 0 Å². The molecule has 0 spiro atoms. The van der Waals surface area contributed by atoms with Crippen LogP contribution in [0.2, 0.25) is 0 Å². The average Bonchev–Trinajstić information content (AvgIpc) is 3.10. The molecule has 0 saturated heterocycles. The smallest absolute Gasteiger partial charge is 0.224 e. The summed E-state index contributed by atoms with van der Waals surface area (Å²) < 4.78 is 5.64. The maximum Gasteiger partial charge on any atom is 0.224 e. The van der Waals surface area contributed by atoms with Crippen LogP contribution < -0.4 is 5.32 Å². The molecule has 0 bridgehead atoms. The van der Waals surface area contributed by atoms with Gasteiger partial charge in [0.15, 0.2) is 0 Å². The van der Waals surface area contributed by atoms with Gasteiger partial charge in [-0.05, 0) is 43.0 Å². The zero-order valence-electron chi connectivity index (χ0n) is 14.5. The van der Waals surface area contributed by atoms with Gasteiger partial charge < -0.3 is 9.73 Å². The van der Waals surface area contributed by atoms with Gasteiger partial charge in [-0.15, -0.1) is 11.3 Å². The lowest BCUT2D eigenvalue weighted by Gasteiger charge is -2.10. The molecular formula is C19H22N2O2S. The summed E-state index contributed by atoms with van der Waals surface area (Å²) in [6, 6.07) is 4.22.